The van der Waals surface area contributed by atoms with Crippen LogP contribution in [0, 0.1) is 0 Å². The van der Waals surface area contributed by atoms with Crippen LogP contribution in [-0.2, 0) is 16.0 Å². The number of nitrogens with two attached hydrogens (primary N) is 2. The van der Waals surface area contributed by atoms with Gasteiger partial charge in [-0.1, -0.05) is 30.3 Å². The molecule has 0 fully saturated rings. The maximum atomic E-state index is 11.7. The van der Waals surface area contributed by atoms with Crippen molar-refractivity contribution < 1.29 is 9.59 Å². The summed E-state index contributed by atoms with van der Waals surface area (Å²) < 4.78 is 0. The number of carbonyl (C=O) groups excluding carboxylic acids is 2. The lowest BCUT2D eigenvalue weighted by atomic mass is 10.1. The van der Waals surface area contributed by atoms with Crippen molar-refractivity contribution in [1.82, 2.24) is 5.32 Å². The lowest BCUT2D eigenvalue weighted by Gasteiger charge is -2.12. The molecule has 0 saturated heterocycles. The fourth-order valence-corrected chi connectivity index (χ4v) is 1.70. The van der Waals surface area contributed by atoms with Gasteiger partial charge in [-0.25, -0.2) is 0 Å². The standard InChI is InChI=1S/C14H21N3O2/c15-12(9-8-11-5-2-1-3-6-11)14(19)17-10-4-7-13(16)18/h1-3,5-6,12H,4,7-10,15H2,(H2,16,18)(H,17,19). The molecule has 0 aromatic heterocycles. The second-order valence-electron chi connectivity index (χ2n) is 4.49. The number of nitrogens with one attached hydrogen (secondary N) is 1. The van der Waals surface area contributed by atoms with Crippen LogP contribution in [0.4, 0.5) is 0 Å². The molecule has 0 aliphatic rings. The summed E-state index contributed by atoms with van der Waals surface area (Å²) in [6.45, 7) is 0.431. The minimum atomic E-state index is -0.520. The van der Waals surface area contributed by atoms with Gasteiger partial charge < -0.3 is 16.8 Å². The minimum absolute atomic E-state index is 0.180. The van der Waals surface area contributed by atoms with Crippen molar-refractivity contribution in [2.24, 2.45) is 11.5 Å². The zero-order chi connectivity index (χ0) is 14.1. The highest BCUT2D eigenvalue weighted by Crippen LogP contribution is 2.04. The SMILES string of the molecule is NC(=O)CCCNC(=O)C(N)CCc1ccccc1. The monoisotopic (exact) mass is 263 g/mol. The van der Waals surface area contributed by atoms with E-state index in [0.29, 0.717) is 19.4 Å². The van der Waals surface area contributed by atoms with E-state index in [1.807, 2.05) is 30.3 Å². The van der Waals surface area contributed by atoms with E-state index >= 15 is 0 Å². The molecule has 1 rings (SSSR count). The zero-order valence-corrected chi connectivity index (χ0v) is 11.0. The first-order valence-corrected chi connectivity index (χ1v) is 6.45. The molecule has 2 amide bonds. The fourth-order valence-electron chi connectivity index (χ4n) is 1.70. The molecule has 104 valence electrons. The van der Waals surface area contributed by atoms with Gasteiger partial charge in [0.15, 0.2) is 0 Å². The number of carbonyl (C=O) groups is 2. The smallest absolute Gasteiger partial charge is 0.236 e. The third-order valence-corrected chi connectivity index (χ3v) is 2.82. The molecule has 0 bridgehead atoms. The predicted octanol–water partition coefficient (Wildman–Crippen LogP) is 0.328. The van der Waals surface area contributed by atoms with Gasteiger partial charge in [0.05, 0.1) is 6.04 Å². The van der Waals surface area contributed by atoms with Crippen molar-refractivity contribution in [3.8, 4) is 0 Å². The Bertz CT molecular complexity index is 406. The van der Waals surface area contributed by atoms with Crippen molar-refractivity contribution in [1.29, 1.82) is 0 Å². The van der Waals surface area contributed by atoms with Gasteiger partial charge >= 0.3 is 0 Å². The third-order valence-electron chi connectivity index (χ3n) is 2.82. The number of primary amides is 1. The van der Waals surface area contributed by atoms with Crippen molar-refractivity contribution >= 4 is 11.8 Å². The number of benzene rings is 1. The van der Waals surface area contributed by atoms with Crippen LogP contribution in [-0.4, -0.2) is 24.4 Å². The summed E-state index contributed by atoms with van der Waals surface area (Å²) in [5, 5.41) is 2.70. The molecule has 5 nitrogen and oxygen atoms in total. The fraction of sp³-hybridized carbons (Fsp3) is 0.429. The van der Waals surface area contributed by atoms with E-state index in [4.69, 9.17) is 11.5 Å². The van der Waals surface area contributed by atoms with Crippen LogP contribution in [0.2, 0.25) is 0 Å². The summed E-state index contributed by atoms with van der Waals surface area (Å²) in [7, 11) is 0. The number of aryl methyl sites for hydroxylation is 1. The van der Waals surface area contributed by atoms with Crippen LogP contribution in [0.25, 0.3) is 0 Å². The predicted molar refractivity (Wildman–Crippen MR) is 74.2 cm³/mol. The molecule has 0 heterocycles. The lowest BCUT2D eigenvalue weighted by molar-refractivity contribution is -0.123. The lowest BCUT2D eigenvalue weighted by Crippen LogP contribution is -2.41. The Morgan fingerprint density at radius 2 is 1.89 bits per heavy atom. The maximum absolute atomic E-state index is 11.7. The van der Waals surface area contributed by atoms with Crippen LogP contribution in [0.15, 0.2) is 30.3 Å². The van der Waals surface area contributed by atoms with Gasteiger partial charge in [-0.05, 0) is 24.8 Å². The van der Waals surface area contributed by atoms with Crippen LogP contribution in [0.1, 0.15) is 24.8 Å². The van der Waals surface area contributed by atoms with Gasteiger partial charge in [-0.15, -0.1) is 0 Å². The molecule has 1 aromatic rings. The second kappa shape index (κ2) is 8.26. The molecule has 1 aromatic carbocycles. The quantitative estimate of drug-likeness (QED) is 0.589. The Kier molecular flexibility index (Phi) is 6.60. The average Bonchev–Trinajstić information content (AvgIpc) is 2.41. The average molecular weight is 263 g/mol. The molecule has 0 aliphatic heterocycles. The molecular weight excluding hydrogens is 242 g/mol. The van der Waals surface area contributed by atoms with Gasteiger partial charge in [0.2, 0.25) is 11.8 Å². The molecular formula is C14H21N3O2. The first kappa shape index (κ1) is 15.2. The summed E-state index contributed by atoms with van der Waals surface area (Å²) in [6, 6.07) is 9.38. The highest BCUT2D eigenvalue weighted by molar-refractivity contribution is 5.81. The van der Waals surface area contributed by atoms with Crippen molar-refractivity contribution in [2.45, 2.75) is 31.7 Å². The normalized spacial score (nSPS) is 11.8. The number of hydrogen-bond acceptors (Lipinski definition) is 3. The summed E-state index contributed by atoms with van der Waals surface area (Å²) in [4.78, 5) is 22.2. The van der Waals surface area contributed by atoms with E-state index in [1.54, 1.807) is 0 Å². The van der Waals surface area contributed by atoms with E-state index in [1.165, 1.54) is 5.56 Å². The molecule has 0 aliphatic carbocycles. The Morgan fingerprint density at radius 1 is 1.21 bits per heavy atom. The van der Waals surface area contributed by atoms with Crippen LogP contribution >= 0.6 is 0 Å². The molecule has 1 unspecified atom stereocenters. The summed E-state index contributed by atoms with van der Waals surface area (Å²) in [5.74, 6) is -0.539. The Morgan fingerprint density at radius 3 is 2.53 bits per heavy atom. The van der Waals surface area contributed by atoms with E-state index < -0.39 is 6.04 Å². The molecule has 0 saturated carbocycles. The first-order valence-electron chi connectivity index (χ1n) is 6.45. The van der Waals surface area contributed by atoms with Gasteiger partial charge in [0, 0.05) is 13.0 Å². The van der Waals surface area contributed by atoms with E-state index in [-0.39, 0.29) is 18.2 Å². The summed E-state index contributed by atoms with van der Waals surface area (Å²) >= 11 is 0. The molecule has 5 heteroatoms. The number of hydrogen-bond donors (Lipinski definition) is 3. The molecule has 1 atom stereocenters. The highest BCUT2D eigenvalue weighted by Gasteiger charge is 2.12. The minimum Gasteiger partial charge on any atom is -0.370 e. The number of amides is 2. The van der Waals surface area contributed by atoms with E-state index in [9.17, 15) is 9.59 Å². The van der Waals surface area contributed by atoms with Gasteiger partial charge in [-0.2, -0.15) is 0 Å². The van der Waals surface area contributed by atoms with Crippen LogP contribution in [0.5, 0.6) is 0 Å². The Labute approximate surface area is 113 Å². The zero-order valence-electron chi connectivity index (χ0n) is 11.0. The van der Waals surface area contributed by atoms with E-state index in [0.717, 1.165) is 6.42 Å². The van der Waals surface area contributed by atoms with Crippen molar-refractivity contribution in [3.05, 3.63) is 35.9 Å². The topological polar surface area (TPSA) is 98.2 Å². The van der Waals surface area contributed by atoms with Gasteiger partial charge in [0.25, 0.3) is 0 Å². The maximum Gasteiger partial charge on any atom is 0.236 e. The van der Waals surface area contributed by atoms with Crippen molar-refractivity contribution in [3.63, 3.8) is 0 Å². The molecule has 0 radical (unpaired) electrons. The molecule has 0 spiro atoms. The largest absolute Gasteiger partial charge is 0.370 e. The van der Waals surface area contributed by atoms with Crippen molar-refractivity contribution in [2.75, 3.05) is 6.54 Å². The Hall–Kier alpha value is -1.88. The highest BCUT2D eigenvalue weighted by atomic mass is 16.2. The summed E-state index contributed by atoms with van der Waals surface area (Å²) in [6.07, 6.45) is 2.20. The van der Waals surface area contributed by atoms with E-state index in [2.05, 4.69) is 5.32 Å². The molecule has 19 heavy (non-hydrogen) atoms. The van der Waals surface area contributed by atoms with Crippen LogP contribution in [0.3, 0.4) is 0 Å². The Balaban J connectivity index is 2.20. The van der Waals surface area contributed by atoms with Gasteiger partial charge in [-0.3, -0.25) is 9.59 Å². The summed E-state index contributed by atoms with van der Waals surface area (Å²) in [5.41, 5.74) is 12.0. The van der Waals surface area contributed by atoms with Gasteiger partial charge in [0.1, 0.15) is 0 Å². The second-order valence-corrected chi connectivity index (χ2v) is 4.49. The molecule has 5 N–H and O–H groups in total. The number of rotatable bonds is 8. The third kappa shape index (κ3) is 6.57. The first-order chi connectivity index (χ1) is 9.09. The van der Waals surface area contributed by atoms with Crippen LogP contribution < -0.4 is 16.8 Å².